The van der Waals surface area contributed by atoms with E-state index in [2.05, 4.69) is 24.1 Å². The SMILES string of the molecule is CC(C)C(O)CN1CCCC2(CCCNC2)C1. The van der Waals surface area contributed by atoms with Crippen LogP contribution in [0.2, 0.25) is 0 Å². The van der Waals surface area contributed by atoms with Crippen LogP contribution in [0.5, 0.6) is 0 Å². The third kappa shape index (κ3) is 3.43. The molecule has 0 aromatic rings. The topological polar surface area (TPSA) is 35.5 Å². The van der Waals surface area contributed by atoms with Crippen molar-refractivity contribution in [1.82, 2.24) is 10.2 Å². The molecule has 2 unspecified atom stereocenters. The van der Waals surface area contributed by atoms with E-state index in [1.807, 2.05) is 0 Å². The first-order valence-electron chi connectivity index (χ1n) is 7.22. The Morgan fingerprint density at radius 1 is 1.29 bits per heavy atom. The Kier molecular flexibility index (Phi) is 4.45. The zero-order chi connectivity index (χ0) is 12.3. The number of likely N-dealkylation sites (tertiary alicyclic amines) is 1. The van der Waals surface area contributed by atoms with Crippen molar-refractivity contribution in [3.8, 4) is 0 Å². The predicted octanol–water partition coefficient (Wildman–Crippen LogP) is 1.47. The first-order chi connectivity index (χ1) is 8.11. The van der Waals surface area contributed by atoms with E-state index < -0.39 is 0 Å². The highest BCUT2D eigenvalue weighted by atomic mass is 16.3. The van der Waals surface area contributed by atoms with Crippen molar-refractivity contribution in [2.45, 2.75) is 45.6 Å². The lowest BCUT2D eigenvalue weighted by Crippen LogP contribution is -2.52. The summed E-state index contributed by atoms with van der Waals surface area (Å²) in [5, 5.41) is 13.6. The van der Waals surface area contributed by atoms with E-state index in [9.17, 15) is 5.11 Å². The van der Waals surface area contributed by atoms with Crippen molar-refractivity contribution >= 4 is 0 Å². The summed E-state index contributed by atoms with van der Waals surface area (Å²) in [6, 6.07) is 0. The Morgan fingerprint density at radius 2 is 2.06 bits per heavy atom. The Morgan fingerprint density at radius 3 is 2.71 bits per heavy atom. The van der Waals surface area contributed by atoms with Crippen molar-refractivity contribution < 1.29 is 5.11 Å². The summed E-state index contributed by atoms with van der Waals surface area (Å²) in [5.74, 6) is 0.373. The number of nitrogens with one attached hydrogen (secondary N) is 1. The summed E-state index contributed by atoms with van der Waals surface area (Å²) in [5.41, 5.74) is 0.507. The van der Waals surface area contributed by atoms with Crippen molar-refractivity contribution in [3.05, 3.63) is 0 Å². The van der Waals surface area contributed by atoms with Gasteiger partial charge in [-0.05, 0) is 50.1 Å². The molecule has 0 amide bonds. The third-order valence-electron chi connectivity index (χ3n) is 4.52. The first kappa shape index (κ1) is 13.3. The number of β-amino-alcohol motifs (C(OH)–C–C–N with tert-alkyl or cyclic N) is 1. The lowest BCUT2D eigenvalue weighted by molar-refractivity contribution is 0.0180. The molecule has 2 rings (SSSR count). The fraction of sp³-hybridized carbons (Fsp3) is 1.00. The fourth-order valence-electron chi connectivity index (χ4n) is 3.32. The summed E-state index contributed by atoms with van der Waals surface area (Å²) in [4.78, 5) is 2.49. The summed E-state index contributed by atoms with van der Waals surface area (Å²) >= 11 is 0. The van der Waals surface area contributed by atoms with Crippen LogP contribution in [0.1, 0.15) is 39.5 Å². The van der Waals surface area contributed by atoms with Gasteiger partial charge in [0.15, 0.2) is 0 Å². The largest absolute Gasteiger partial charge is 0.392 e. The van der Waals surface area contributed by atoms with Crippen molar-refractivity contribution in [2.24, 2.45) is 11.3 Å². The van der Waals surface area contributed by atoms with Crippen LogP contribution in [-0.4, -0.2) is 48.8 Å². The van der Waals surface area contributed by atoms with Gasteiger partial charge in [-0.15, -0.1) is 0 Å². The molecule has 2 aliphatic heterocycles. The van der Waals surface area contributed by atoms with Gasteiger partial charge in [-0.3, -0.25) is 0 Å². The van der Waals surface area contributed by atoms with Crippen LogP contribution in [-0.2, 0) is 0 Å². The number of aliphatic hydroxyl groups excluding tert-OH is 1. The molecule has 0 aromatic heterocycles. The number of rotatable bonds is 3. The lowest BCUT2D eigenvalue weighted by Gasteiger charge is -2.46. The molecule has 0 bridgehead atoms. The van der Waals surface area contributed by atoms with E-state index >= 15 is 0 Å². The molecular formula is C14H28N2O. The molecule has 17 heavy (non-hydrogen) atoms. The van der Waals surface area contributed by atoms with Gasteiger partial charge in [0, 0.05) is 19.6 Å². The summed E-state index contributed by atoms with van der Waals surface area (Å²) < 4.78 is 0. The van der Waals surface area contributed by atoms with Gasteiger partial charge in [0.1, 0.15) is 0 Å². The molecule has 0 saturated carbocycles. The molecule has 0 aromatic carbocycles. The number of piperidine rings is 2. The summed E-state index contributed by atoms with van der Waals surface area (Å²) in [6.07, 6.45) is 5.19. The molecular weight excluding hydrogens is 212 g/mol. The molecule has 0 radical (unpaired) electrons. The maximum absolute atomic E-state index is 10.0. The molecule has 2 heterocycles. The minimum absolute atomic E-state index is 0.165. The van der Waals surface area contributed by atoms with Gasteiger partial charge in [-0.25, -0.2) is 0 Å². The third-order valence-corrected chi connectivity index (χ3v) is 4.52. The van der Waals surface area contributed by atoms with Gasteiger partial charge in [-0.1, -0.05) is 13.8 Å². The second-order valence-corrected chi connectivity index (χ2v) is 6.43. The maximum atomic E-state index is 10.0. The molecule has 3 nitrogen and oxygen atoms in total. The number of hydrogen-bond acceptors (Lipinski definition) is 3. The molecule has 1 spiro atoms. The van der Waals surface area contributed by atoms with Crippen LogP contribution in [0.15, 0.2) is 0 Å². The van der Waals surface area contributed by atoms with Crippen molar-refractivity contribution in [3.63, 3.8) is 0 Å². The predicted molar refractivity (Wildman–Crippen MR) is 71.1 cm³/mol. The highest BCUT2D eigenvalue weighted by Gasteiger charge is 2.36. The van der Waals surface area contributed by atoms with Gasteiger partial charge in [0.05, 0.1) is 6.10 Å². The van der Waals surface area contributed by atoms with Crippen LogP contribution in [0, 0.1) is 11.3 Å². The van der Waals surface area contributed by atoms with Gasteiger partial charge in [-0.2, -0.15) is 0 Å². The molecule has 2 N–H and O–H groups in total. The van der Waals surface area contributed by atoms with Gasteiger partial charge < -0.3 is 15.3 Å². The summed E-state index contributed by atoms with van der Waals surface area (Å²) in [6.45, 7) is 9.80. The van der Waals surface area contributed by atoms with E-state index in [-0.39, 0.29) is 6.10 Å². The van der Waals surface area contributed by atoms with E-state index in [0.717, 1.165) is 6.54 Å². The minimum atomic E-state index is -0.165. The fourth-order valence-corrected chi connectivity index (χ4v) is 3.32. The minimum Gasteiger partial charge on any atom is -0.392 e. The van der Waals surface area contributed by atoms with Gasteiger partial charge in [0.2, 0.25) is 0 Å². The van der Waals surface area contributed by atoms with E-state index in [0.29, 0.717) is 11.3 Å². The lowest BCUT2D eigenvalue weighted by atomic mass is 9.74. The first-order valence-corrected chi connectivity index (χ1v) is 7.22. The molecule has 2 saturated heterocycles. The van der Waals surface area contributed by atoms with Crippen LogP contribution < -0.4 is 5.32 Å². The zero-order valence-corrected chi connectivity index (χ0v) is 11.4. The van der Waals surface area contributed by atoms with Gasteiger partial charge >= 0.3 is 0 Å². The van der Waals surface area contributed by atoms with Crippen LogP contribution >= 0.6 is 0 Å². The van der Waals surface area contributed by atoms with Crippen LogP contribution in [0.3, 0.4) is 0 Å². The maximum Gasteiger partial charge on any atom is 0.0689 e. The van der Waals surface area contributed by atoms with Crippen LogP contribution in [0.4, 0.5) is 0 Å². The van der Waals surface area contributed by atoms with Crippen molar-refractivity contribution in [1.29, 1.82) is 0 Å². The Labute approximate surface area is 106 Å². The second kappa shape index (κ2) is 5.68. The average Bonchev–Trinajstić information content (AvgIpc) is 2.30. The number of nitrogens with zero attached hydrogens (tertiary/aromatic N) is 1. The molecule has 100 valence electrons. The van der Waals surface area contributed by atoms with Crippen LogP contribution in [0.25, 0.3) is 0 Å². The van der Waals surface area contributed by atoms with E-state index in [1.165, 1.54) is 51.9 Å². The van der Waals surface area contributed by atoms with Gasteiger partial charge in [0.25, 0.3) is 0 Å². The smallest absolute Gasteiger partial charge is 0.0689 e. The number of aliphatic hydroxyl groups is 1. The standard InChI is InChI=1S/C14H28N2O/c1-12(2)13(17)9-16-8-4-6-14(11-16)5-3-7-15-10-14/h12-13,15,17H,3-11H2,1-2H3. The number of hydrogen-bond donors (Lipinski definition) is 2. The highest BCUT2D eigenvalue weighted by Crippen LogP contribution is 2.35. The van der Waals surface area contributed by atoms with E-state index in [4.69, 9.17) is 0 Å². The second-order valence-electron chi connectivity index (χ2n) is 6.43. The zero-order valence-electron chi connectivity index (χ0n) is 11.4. The normalized spacial score (nSPS) is 33.2. The Bertz CT molecular complexity index is 231. The molecule has 2 atom stereocenters. The monoisotopic (exact) mass is 240 g/mol. The molecule has 2 fully saturated rings. The molecule has 2 aliphatic rings. The Balaban J connectivity index is 1.88. The highest BCUT2D eigenvalue weighted by molar-refractivity contribution is 4.91. The Hall–Kier alpha value is -0.120. The molecule has 3 heteroatoms. The van der Waals surface area contributed by atoms with E-state index in [1.54, 1.807) is 0 Å². The van der Waals surface area contributed by atoms with Crippen molar-refractivity contribution in [2.75, 3.05) is 32.7 Å². The average molecular weight is 240 g/mol. The summed E-state index contributed by atoms with van der Waals surface area (Å²) in [7, 11) is 0. The molecule has 0 aliphatic carbocycles. The quantitative estimate of drug-likeness (QED) is 0.784.